The maximum Gasteiger partial charge on any atom is 0.230 e. The normalized spacial score (nSPS) is 10.1. The van der Waals surface area contributed by atoms with E-state index in [4.69, 9.17) is 5.26 Å². The first-order valence-corrected chi connectivity index (χ1v) is 5.67. The quantitative estimate of drug-likeness (QED) is 0.928. The van der Waals surface area contributed by atoms with Crippen molar-refractivity contribution in [2.45, 2.75) is 6.42 Å². The van der Waals surface area contributed by atoms with Crippen LogP contribution in [-0.2, 0) is 18.3 Å². The molecule has 102 valence electrons. The summed E-state index contributed by atoms with van der Waals surface area (Å²) in [5.74, 6) is -1.77. The molecule has 1 aromatic carbocycles. The molecule has 1 aromatic heterocycles. The fourth-order valence-corrected chi connectivity index (χ4v) is 1.68. The molecule has 0 spiro atoms. The van der Waals surface area contributed by atoms with Gasteiger partial charge in [-0.15, -0.1) is 0 Å². The van der Waals surface area contributed by atoms with E-state index in [9.17, 15) is 13.6 Å². The molecular weight excluding hydrogens is 266 g/mol. The first-order chi connectivity index (χ1) is 9.51. The SMILES string of the molecule is Cn1ncc(C#N)c1NC(=O)Cc1ccc(F)cc1F. The summed E-state index contributed by atoms with van der Waals surface area (Å²) in [6.45, 7) is 0. The molecule has 1 heterocycles. The Hall–Kier alpha value is -2.75. The molecular formula is C13H10F2N4O. The van der Waals surface area contributed by atoms with Gasteiger partial charge in [0.1, 0.15) is 29.1 Å². The van der Waals surface area contributed by atoms with Crippen molar-refractivity contribution in [3.8, 4) is 6.07 Å². The van der Waals surface area contributed by atoms with Crippen molar-refractivity contribution < 1.29 is 13.6 Å². The number of amides is 1. The van der Waals surface area contributed by atoms with Gasteiger partial charge in [-0.2, -0.15) is 10.4 Å². The van der Waals surface area contributed by atoms with E-state index in [1.807, 2.05) is 6.07 Å². The highest BCUT2D eigenvalue weighted by molar-refractivity contribution is 5.92. The molecule has 0 bridgehead atoms. The second kappa shape index (κ2) is 5.48. The summed E-state index contributed by atoms with van der Waals surface area (Å²) >= 11 is 0. The summed E-state index contributed by atoms with van der Waals surface area (Å²) < 4.78 is 27.5. The highest BCUT2D eigenvalue weighted by Crippen LogP contribution is 2.14. The lowest BCUT2D eigenvalue weighted by molar-refractivity contribution is -0.115. The van der Waals surface area contributed by atoms with Crippen LogP contribution in [0.4, 0.5) is 14.6 Å². The van der Waals surface area contributed by atoms with Gasteiger partial charge in [0, 0.05) is 13.1 Å². The van der Waals surface area contributed by atoms with Crippen molar-refractivity contribution >= 4 is 11.7 Å². The van der Waals surface area contributed by atoms with Gasteiger partial charge < -0.3 is 5.32 Å². The third-order valence-corrected chi connectivity index (χ3v) is 2.68. The number of nitriles is 1. The topological polar surface area (TPSA) is 70.7 Å². The average Bonchev–Trinajstić information content (AvgIpc) is 2.74. The van der Waals surface area contributed by atoms with Crippen LogP contribution in [0.25, 0.3) is 0 Å². The Morgan fingerprint density at radius 1 is 1.50 bits per heavy atom. The van der Waals surface area contributed by atoms with E-state index in [-0.39, 0.29) is 23.4 Å². The molecule has 0 aliphatic heterocycles. The number of nitrogens with zero attached hydrogens (tertiary/aromatic N) is 3. The second-order valence-electron chi connectivity index (χ2n) is 4.10. The predicted octanol–water partition coefficient (Wildman–Crippen LogP) is 1.75. The lowest BCUT2D eigenvalue weighted by Gasteiger charge is -2.07. The highest BCUT2D eigenvalue weighted by Gasteiger charge is 2.14. The molecule has 0 radical (unpaired) electrons. The second-order valence-corrected chi connectivity index (χ2v) is 4.10. The molecule has 0 aliphatic rings. The summed E-state index contributed by atoms with van der Waals surface area (Å²) in [5.41, 5.74) is 0.282. The van der Waals surface area contributed by atoms with Crippen molar-refractivity contribution in [3.63, 3.8) is 0 Å². The van der Waals surface area contributed by atoms with Crippen molar-refractivity contribution in [2.75, 3.05) is 5.32 Å². The molecule has 2 rings (SSSR count). The summed E-state index contributed by atoms with van der Waals surface area (Å²) in [4.78, 5) is 11.8. The number of rotatable bonds is 3. The zero-order valence-electron chi connectivity index (χ0n) is 10.5. The van der Waals surface area contributed by atoms with Crippen molar-refractivity contribution in [2.24, 2.45) is 7.05 Å². The highest BCUT2D eigenvalue weighted by atomic mass is 19.1. The largest absolute Gasteiger partial charge is 0.310 e. The van der Waals surface area contributed by atoms with Gasteiger partial charge in [0.15, 0.2) is 0 Å². The number of nitrogens with one attached hydrogen (secondary N) is 1. The number of aromatic nitrogens is 2. The zero-order chi connectivity index (χ0) is 14.7. The lowest BCUT2D eigenvalue weighted by Crippen LogP contribution is -2.18. The van der Waals surface area contributed by atoms with Gasteiger partial charge >= 0.3 is 0 Å². The van der Waals surface area contributed by atoms with Crippen LogP contribution in [0.2, 0.25) is 0 Å². The smallest absolute Gasteiger partial charge is 0.230 e. The molecule has 0 atom stereocenters. The standard InChI is InChI=1S/C13H10F2N4O/c1-19-13(9(6-16)7-17-19)18-12(20)4-8-2-3-10(14)5-11(8)15/h2-3,5,7H,4H2,1H3,(H,18,20). The Morgan fingerprint density at radius 2 is 2.25 bits per heavy atom. The molecule has 0 unspecified atom stereocenters. The molecule has 0 aliphatic carbocycles. The minimum Gasteiger partial charge on any atom is -0.310 e. The Labute approximate surface area is 113 Å². The minimum absolute atomic E-state index is 0.0737. The van der Waals surface area contributed by atoms with E-state index in [2.05, 4.69) is 10.4 Å². The van der Waals surface area contributed by atoms with Crippen LogP contribution >= 0.6 is 0 Å². The van der Waals surface area contributed by atoms with Crippen molar-refractivity contribution in [1.29, 1.82) is 5.26 Å². The number of hydrogen-bond donors (Lipinski definition) is 1. The molecule has 5 nitrogen and oxygen atoms in total. The molecule has 0 saturated heterocycles. The summed E-state index contributed by atoms with van der Waals surface area (Å²) in [7, 11) is 1.56. The van der Waals surface area contributed by atoms with E-state index in [0.29, 0.717) is 6.07 Å². The Bertz CT molecular complexity index is 703. The minimum atomic E-state index is -0.786. The number of hydrogen-bond acceptors (Lipinski definition) is 3. The summed E-state index contributed by atoms with van der Waals surface area (Å²) in [5, 5.41) is 15.2. The maximum atomic E-state index is 13.4. The van der Waals surface area contributed by atoms with E-state index in [0.717, 1.165) is 6.07 Å². The van der Waals surface area contributed by atoms with E-state index >= 15 is 0 Å². The summed E-state index contributed by atoms with van der Waals surface area (Å²) in [6.07, 6.45) is 1.05. The third-order valence-electron chi connectivity index (χ3n) is 2.68. The number of anilines is 1. The Kier molecular flexibility index (Phi) is 3.75. The average molecular weight is 276 g/mol. The first-order valence-electron chi connectivity index (χ1n) is 5.67. The van der Waals surface area contributed by atoms with Crippen LogP contribution in [0, 0.1) is 23.0 Å². The molecule has 1 N–H and O–H groups in total. The van der Waals surface area contributed by atoms with E-state index in [1.165, 1.54) is 16.9 Å². The molecule has 0 fully saturated rings. The van der Waals surface area contributed by atoms with Gasteiger partial charge in [-0.25, -0.2) is 8.78 Å². The Balaban J connectivity index is 2.13. The predicted molar refractivity (Wildman–Crippen MR) is 66.6 cm³/mol. The summed E-state index contributed by atoms with van der Waals surface area (Å²) in [6, 6.07) is 4.89. The van der Waals surface area contributed by atoms with Gasteiger partial charge in [0.2, 0.25) is 5.91 Å². The third kappa shape index (κ3) is 2.80. The van der Waals surface area contributed by atoms with Crippen molar-refractivity contribution in [1.82, 2.24) is 9.78 Å². The number of carbonyl (C=O) groups is 1. The lowest BCUT2D eigenvalue weighted by atomic mass is 10.1. The van der Waals surface area contributed by atoms with Gasteiger partial charge in [0.25, 0.3) is 0 Å². The molecule has 20 heavy (non-hydrogen) atoms. The van der Waals surface area contributed by atoms with Crippen LogP contribution in [-0.4, -0.2) is 15.7 Å². The zero-order valence-corrected chi connectivity index (χ0v) is 10.5. The van der Waals surface area contributed by atoms with Crippen LogP contribution in [0.5, 0.6) is 0 Å². The van der Waals surface area contributed by atoms with Crippen LogP contribution in [0.3, 0.4) is 0 Å². The fraction of sp³-hybridized carbons (Fsp3) is 0.154. The van der Waals surface area contributed by atoms with Crippen molar-refractivity contribution in [3.05, 3.63) is 47.2 Å². The number of benzene rings is 1. The van der Waals surface area contributed by atoms with E-state index in [1.54, 1.807) is 7.05 Å². The first kappa shape index (κ1) is 13.7. The molecule has 2 aromatic rings. The number of carbonyl (C=O) groups excluding carboxylic acids is 1. The maximum absolute atomic E-state index is 13.4. The van der Waals surface area contributed by atoms with Crippen LogP contribution < -0.4 is 5.32 Å². The van der Waals surface area contributed by atoms with Gasteiger partial charge in [-0.3, -0.25) is 9.48 Å². The number of aryl methyl sites for hydroxylation is 1. The molecule has 7 heteroatoms. The van der Waals surface area contributed by atoms with E-state index < -0.39 is 17.5 Å². The van der Waals surface area contributed by atoms with Gasteiger partial charge in [-0.05, 0) is 11.6 Å². The monoisotopic (exact) mass is 276 g/mol. The van der Waals surface area contributed by atoms with Gasteiger partial charge in [-0.1, -0.05) is 6.07 Å². The van der Waals surface area contributed by atoms with Gasteiger partial charge in [0.05, 0.1) is 12.6 Å². The van der Waals surface area contributed by atoms with Crippen LogP contribution in [0.1, 0.15) is 11.1 Å². The van der Waals surface area contributed by atoms with Crippen LogP contribution in [0.15, 0.2) is 24.4 Å². The fourth-order valence-electron chi connectivity index (χ4n) is 1.68. The number of halogens is 2. The molecule has 1 amide bonds. The molecule has 0 saturated carbocycles. The Morgan fingerprint density at radius 3 is 2.90 bits per heavy atom.